The molecule has 1 saturated heterocycles. The van der Waals surface area contributed by atoms with Crippen LogP contribution < -0.4 is 4.90 Å². The Morgan fingerprint density at radius 2 is 1.97 bits per heavy atom. The molecule has 2 aromatic rings. The smallest absolute Gasteiger partial charge is 0.379 e. The van der Waals surface area contributed by atoms with Gasteiger partial charge in [0.05, 0.1) is 30.4 Å². The summed E-state index contributed by atoms with van der Waals surface area (Å²) in [6.45, 7) is 8.67. The molecule has 9 heteroatoms. The molecule has 164 valence electrons. The van der Waals surface area contributed by atoms with Gasteiger partial charge in [-0.2, -0.15) is 13.2 Å². The fourth-order valence-corrected chi connectivity index (χ4v) is 3.75. The Morgan fingerprint density at radius 1 is 1.27 bits per heavy atom. The number of rotatable bonds is 6. The van der Waals surface area contributed by atoms with Crippen molar-refractivity contribution in [2.24, 2.45) is 0 Å². The van der Waals surface area contributed by atoms with Gasteiger partial charge in [0.2, 0.25) is 5.91 Å². The summed E-state index contributed by atoms with van der Waals surface area (Å²) in [6.07, 6.45) is -4.48. The second kappa shape index (κ2) is 9.18. The van der Waals surface area contributed by atoms with Crippen molar-refractivity contribution in [3.63, 3.8) is 0 Å². The van der Waals surface area contributed by atoms with E-state index < -0.39 is 17.7 Å². The van der Waals surface area contributed by atoms with Gasteiger partial charge in [-0.15, -0.1) is 0 Å². The summed E-state index contributed by atoms with van der Waals surface area (Å²) in [6, 6.07) is 4.89. The third-order valence-corrected chi connectivity index (χ3v) is 5.39. The van der Waals surface area contributed by atoms with Crippen molar-refractivity contribution in [2.75, 3.05) is 44.3 Å². The largest absolute Gasteiger partial charge is 0.416 e. The van der Waals surface area contributed by atoms with Crippen LogP contribution in [0.2, 0.25) is 0 Å². The summed E-state index contributed by atoms with van der Waals surface area (Å²) < 4.78 is 50.3. The van der Waals surface area contributed by atoms with Crippen LogP contribution in [-0.4, -0.2) is 55.4 Å². The van der Waals surface area contributed by atoms with Gasteiger partial charge in [0.15, 0.2) is 0 Å². The minimum atomic E-state index is -4.48. The monoisotopic (exact) mass is 425 g/mol. The first-order valence-electron chi connectivity index (χ1n) is 9.90. The highest BCUT2D eigenvalue weighted by Crippen LogP contribution is 2.33. The summed E-state index contributed by atoms with van der Waals surface area (Å²) in [5.41, 5.74) is 0.713. The first-order chi connectivity index (χ1) is 14.2. The first kappa shape index (κ1) is 22.3. The van der Waals surface area contributed by atoms with E-state index in [0.717, 1.165) is 25.2 Å². The number of hydrogen-bond acceptors (Lipinski definition) is 5. The van der Waals surface area contributed by atoms with Crippen LogP contribution in [0.15, 0.2) is 28.8 Å². The molecule has 1 aromatic carbocycles. The Morgan fingerprint density at radius 3 is 2.57 bits per heavy atom. The lowest BCUT2D eigenvalue weighted by atomic mass is 9.97. The number of carbonyl (C=O) groups is 1. The van der Waals surface area contributed by atoms with Crippen LogP contribution in [0.1, 0.15) is 35.4 Å². The Bertz CT molecular complexity index is 856. The number of anilines is 1. The lowest BCUT2D eigenvalue weighted by Gasteiger charge is -2.31. The summed E-state index contributed by atoms with van der Waals surface area (Å²) in [7, 11) is 0. The van der Waals surface area contributed by atoms with Gasteiger partial charge in [0.25, 0.3) is 0 Å². The number of hydrogen-bond donors (Lipinski definition) is 0. The number of halogens is 3. The van der Waals surface area contributed by atoms with Crippen molar-refractivity contribution in [3.05, 3.63) is 46.8 Å². The highest BCUT2D eigenvalue weighted by atomic mass is 19.4. The third-order valence-electron chi connectivity index (χ3n) is 5.39. The minimum Gasteiger partial charge on any atom is -0.379 e. The van der Waals surface area contributed by atoms with Crippen LogP contribution in [-0.2, 0) is 15.7 Å². The van der Waals surface area contributed by atoms with Crippen molar-refractivity contribution in [1.82, 2.24) is 10.1 Å². The van der Waals surface area contributed by atoms with Gasteiger partial charge < -0.3 is 14.2 Å². The number of benzene rings is 1. The average Bonchev–Trinajstić information content (AvgIpc) is 3.06. The van der Waals surface area contributed by atoms with Gasteiger partial charge in [-0.3, -0.25) is 9.69 Å². The number of aryl methyl sites for hydroxylation is 2. The zero-order valence-electron chi connectivity index (χ0n) is 17.3. The molecule has 0 aliphatic carbocycles. The molecule has 0 bridgehead atoms. The van der Waals surface area contributed by atoms with Crippen LogP contribution in [0, 0.1) is 13.8 Å². The standard InChI is InChI=1S/C21H26F3N3O3/c1-14(19-15(2)25-30-16(19)3)20(28)27(8-7-26-9-11-29-12-10-26)18-6-4-5-17(13-18)21(22,23)24/h4-6,13-14H,7-12H2,1-3H3/t14-/m0/s1. The molecule has 0 spiro atoms. The van der Waals surface area contributed by atoms with Crippen LogP contribution in [0.3, 0.4) is 0 Å². The second-order valence-electron chi connectivity index (χ2n) is 7.45. The van der Waals surface area contributed by atoms with Crippen LogP contribution in [0.25, 0.3) is 0 Å². The molecule has 0 saturated carbocycles. The summed E-state index contributed by atoms with van der Waals surface area (Å²) in [5.74, 6) is -0.363. The number of alkyl halides is 3. The topological polar surface area (TPSA) is 58.8 Å². The van der Waals surface area contributed by atoms with Crippen LogP contribution in [0.4, 0.5) is 18.9 Å². The Kier molecular flexibility index (Phi) is 6.82. The van der Waals surface area contributed by atoms with E-state index in [0.29, 0.717) is 36.8 Å². The fourth-order valence-electron chi connectivity index (χ4n) is 3.75. The molecule has 6 nitrogen and oxygen atoms in total. The number of ether oxygens (including phenoxy) is 1. The van der Waals surface area contributed by atoms with Crippen molar-refractivity contribution in [3.8, 4) is 0 Å². The predicted molar refractivity (Wildman–Crippen MR) is 105 cm³/mol. The quantitative estimate of drug-likeness (QED) is 0.705. The fraction of sp³-hybridized carbons (Fsp3) is 0.524. The van der Waals surface area contributed by atoms with Gasteiger partial charge in [-0.1, -0.05) is 11.2 Å². The molecule has 1 atom stereocenters. The molecule has 1 aromatic heterocycles. The number of morpholine rings is 1. The number of aromatic nitrogens is 1. The van der Waals surface area contributed by atoms with Crippen LogP contribution >= 0.6 is 0 Å². The first-order valence-corrected chi connectivity index (χ1v) is 9.90. The molecule has 1 aliphatic rings. The van der Waals surface area contributed by atoms with Gasteiger partial charge in [0.1, 0.15) is 5.76 Å². The minimum absolute atomic E-state index is 0.224. The number of carbonyl (C=O) groups excluding carboxylic acids is 1. The highest BCUT2D eigenvalue weighted by molar-refractivity contribution is 5.98. The summed E-state index contributed by atoms with van der Waals surface area (Å²) >= 11 is 0. The zero-order chi connectivity index (χ0) is 21.9. The number of nitrogens with zero attached hydrogens (tertiary/aromatic N) is 3. The molecule has 0 radical (unpaired) electrons. The van der Waals surface area contributed by atoms with E-state index in [4.69, 9.17) is 9.26 Å². The van der Waals surface area contributed by atoms with Gasteiger partial charge >= 0.3 is 6.18 Å². The maximum atomic E-state index is 13.4. The SMILES string of the molecule is Cc1noc(C)c1[C@H](C)C(=O)N(CCN1CCOCC1)c1cccc(C(F)(F)F)c1. The highest BCUT2D eigenvalue weighted by Gasteiger charge is 2.33. The molecule has 3 rings (SSSR count). The maximum Gasteiger partial charge on any atom is 0.416 e. The van der Waals surface area contributed by atoms with E-state index in [1.54, 1.807) is 20.8 Å². The Labute approximate surface area is 173 Å². The van der Waals surface area contributed by atoms with E-state index in [1.165, 1.54) is 17.0 Å². The normalized spacial score (nSPS) is 16.5. The lowest BCUT2D eigenvalue weighted by molar-refractivity contribution is -0.137. The van der Waals surface area contributed by atoms with Gasteiger partial charge in [0, 0.05) is 37.4 Å². The number of amides is 1. The lowest BCUT2D eigenvalue weighted by Crippen LogP contribution is -2.44. The second-order valence-corrected chi connectivity index (χ2v) is 7.45. The van der Waals surface area contributed by atoms with Gasteiger partial charge in [-0.25, -0.2) is 0 Å². The molecular formula is C21H26F3N3O3. The molecular weight excluding hydrogens is 399 g/mol. The van der Waals surface area contributed by atoms with Crippen molar-refractivity contribution in [2.45, 2.75) is 32.9 Å². The Balaban J connectivity index is 1.89. The molecule has 1 amide bonds. The molecule has 0 N–H and O–H groups in total. The van der Waals surface area contributed by atoms with Crippen LogP contribution in [0.5, 0.6) is 0 Å². The third kappa shape index (κ3) is 5.02. The zero-order valence-corrected chi connectivity index (χ0v) is 17.3. The van der Waals surface area contributed by atoms with E-state index in [9.17, 15) is 18.0 Å². The average molecular weight is 425 g/mol. The summed E-state index contributed by atoms with van der Waals surface area (Å²) in [5, 5.41) is 3.90. The molecule has 1 fully saturated rings. The summed E-state index contributed by atoms with van der Waals surface area (Å²) in [4.78, 5) is 17.0. The van der Waals surface area contributed by atoms with Gasteiger partial charge in [-0.05, 0) is 39.0 Å². The maximum absolute atomic E-state index is 13.4. The van der Waals surface area contributed by atoms with E-state index >= 15 is 0 Å². The van der Waals surface area contributed by atoms with Crippen molar-refractivity contribution in [1.29, 1.82) is 0 Å². The van der Waals surface area contributed by atoms with Crippen molar-refractivity contribution < 1.29 is 27.2 Å². The molecule has 0 unspecified atom stereocenters. The molecule has 30 heavy (non-hydrogen) atoms. The van der Waals surface area contributed by atoms with Crippen molar-refractivity contribution >= 4 is 11.6 Å². The van der Waals surface area contributed by atoms with E-state index in [2.05, 4.69) is 10.1 Å². The molecule has 1 aliphatic heterocycles. The Hall–Kier alpha value is -2.39. The van der Waals surface area contributed by atoms with E-state index in [1.807, 2.05) is 0 Å². The predicted octanol–water partition coefficient (Wildman–Crippen LogP) is 3.78. The molecule has 2 heterocycles. The van der Waals surface area contributed by atoms with E-state index in [-0.39, 0.29) is 18.1 Å².